The lowest BCUT2D eigenvalue weighted by Gasteiger charge is -2.08. The van der Waals surface area contributed by atoms with Crippen molar-refractivity contribution in [3.63, 3.8) is 0 Å². The van der Waals surface area contributed by atoms with Crippen molar-refractivity contribution in [3.05, 3.63) is 59.7 Å². The van der Waals surface area contributed by atoms with Crippen LogP contribution in [0.4, 0.5) is 8.78 Å². The number of carbonyl (C=O) groups is 1. The summed E-state index contributed by atoms with van der Waals surface area (Å²) >= 11 is 0. The number of carbonyl (C=O) groups excluding carboxylic acids is 1. The van der Waals surface area contributed by atoms with E-state index in [9.17, 15) is 13.6 Å². The number of alkyl halides is 2. The molecule has 0 heterocycles. The summed E-state index contributed by atoms with van der Waals surface area (Å²) in [7, 11) is 3.08. The summed E-state index contributed by atoms with van der Waals surface area (Å²) < 4.78 is 39.2. The Kier molecular flexibility index (Phi) is 6.96. The highest BCUT2D eigenvalue weighted by Gasteiger charge is 2.06. The maximum absolute atomic E-state index is 12.2. The fourth-order valence-corrected chi connectivity index (χ4v) is 2.21. The number of methoxy groups -OCH3 is 2. The van der Waals surface area contributed by atoms with E-state index in [2.05, 4.69) is 10.1 Å². The molecule has 0 bridgehead atoms. The van der Waals surface area contributed by atoms with Crippen LogP contribution in [0.5, 0.6) is 17.2 Å². The highest BCUT2D eigenvalue weighted by Crippen LogP contribution is 2.25. The zero-order valence-corrected chi connectivity index (χ0v) is 14.4. The fraction of sp³-hybridized carbons (Fsp3) is 0.211. The van der Waals surface area contributed by atoms with Gasteiger partial charge in [0.05, 0.1) is 14.2 Å². The topological polar surface area (TPSA) is 56.8 Å². The molecule has 138 valence electrons. The van der Waals surface area contributed by atoms with Crippen LogP contribution in [0.25, 0.3) is 6.08 Å². The number of hydrogen-bond donors (Lipinski definition) is 1. The van der Waals surface area contributed by atoms with Crippen LogP contribution in [0.2, 0.25) is 0 Å². The van der Waals surface area contributed by atoms with Gasteiger partial charge < -0.3 is 19.5 Å². The van der Waals surface area contributed by atoms with E-state index in [4.69, 9.17) is 9.47 Å². The van der Waals surface area contributed by atoms with E-state index in [1.165, 1.54) is 25.3 Å². The standard InChI is InChI=1S/C19H19F2NO4/c1-24-15-7-8-17(25-2)14(11-15)6-9-18(23)22-12-13-4-3-5-16(10-13)26-19(20)21/h3-11,19H,12H2,1-2H3,(H,22,23)/b9-6+. The highest BCUT2D eigenvalue weighted by atomic mass is 19.3. The van der Waals surface area contributed by atoms with Gasteiger partial charge >= 0.3 is 6.61 Å². The normalized spacial score (nSPS) is 10.8. The minimum Gasteiger partial charge on any atom is -0.497 e. The van der Waals surface area contributed by atoms with Crippen molar-refractivity contribution >= 4 is 12.0 Å². The third-order valence-corrected chi connectivity index (χ3v) is 3.44. The van der Waals surface area contributed by atoms with E-state index in [-0.39, 0.29) is 18.2 Å². The lowest BCUT2D eigenvalue weighted by atomic mass is 10.1. The van der Waals surface area contributed by atoms with E-state index in [1.807, 2.05) is 0 Å². The number of ether oxygens (including phenoxy) is 3. The molecule has 0 unspecified atom stereocenters. The van der Waals surface area contributed by atoms with Gasteiger partial charge in [0.25, 0.3) is 0 Å². The van der Waals surface area contributed by atoms with E-state index < -0.39 is 6.61 Å². The van der Waals surface area contributed by atoms with Crippen molar-refractivity contribution in [3.8, 4) is 17.2 Å². The van der Waals surface area contributed by atoms with Gasteiger partial charge in [-0.1, -0.05) is 12.1 Å². The molecule has 0 fully saturated rings. The zero-order chi connectivity index (χ0) is 18.9. The van der Waals surface area contributed by atoms with Gasteiger partial charge in [0, 0.05) is 18.2 Å². The van der Waals surface area contributed by atoms with Gasteiger partial charge in [-0.3, -0.25) is 4.79 Å². The first-order chi connectivity index (χ1) is 12.5. The highest BCUT2D eigenvalue weighted by molar-refractivity contribution is 5.92. The summed E-state index contributed by atoms with van der Waals surface area (Å²) in [4.78, 5) is 12.0. The maximum Gasteiger partial charge on any atom is 0.387 e. The lowest BCUT2D eigenvalue weighted by molar-refractivity contribution is -0.116. The molecule has 0 aromatic heterocycles. The van der Waals surface area contributed by atoms with Gasteiger partial charge in [0.15, 0.2) is 0 Å². The predicted molar refractivity (Wildman–Crippen MR) is 93.5 cm³/mol. The quantitative estimate of drug-likeness (QED) is 0.728. The Morgan fingerprint density at radius 2 is 1.92 bits per heavy atom. The van der Waals surface area contributed by atoms with Crippen LogP contribution >= 0.6 is 0 Å². The first-order valence-electron chi connectivity index (χ1n) is 7.73. The van der Waals surface area contributed by atoms with Crippen LogP contribution < -0.4 is 19.5 Å². The third-order valence-electron chi connectivity index (χ3n) is 3.44. The second-order valence-electron chi connectivity index (χ2n) is 5.18. The molecule has 5 nitrogen and oxygen atoms in total. The van der Waals surface area contributed by atoms with E-state index in [1.54, 1.807) is 43.5 Å². The van der Waals surface area contributed by atoms with Crippen LogP contribution in [0.1, 0.15) is 11.1 Å². The summed E-state index contributed by atoms with van der Waals surface area (Å²) in [6.45, 7) is -2.71. The lowest BCUT2D eigenvalue weighted by Crippen LogP contribution is -2.20. The summed E-state index contributed by atoms with van der Waals surface area (Å²) in [5.74, 6) is 0.951. The number of benzene rings is 2. The number of hydrogen-bond acceptors (Lipinski definition) is 4. The summed E-state index contributed by atoms with van der Waals surface area (Å²) in [5, 5.41) is 2.67. The molecule has 0 aliphatic rings. The van der Waals surface area contributed by atoms with Crippen molar-refractivity contribution in [2.45, 2.75) is 13.2 Å². The molecule has 0 atom stereocenters. The molecular formula is C19H19F2NO4. The van der Waals surface area contributed by atoms with Gasteiger partial charge in [-0.25, -0.2) is 0 Å². The average Bonchev–Trinajstić information content (AvgIpc) is 2.64. The second-order valence-corrected chi connectivity index (χ2v) is 5.18. The van der Waals surface area contributed by atoms with Crippen LogP contribution in [0.15, 0.2) is 48.5 Å². The minimum atomic E-state index is -2.89. The van der Waals surface area contributed by atoms with Crippen LogP contribution in [0, 0.1) is 0 Å². The van der Waals surface area contributed by atoms with Gasteiger partial charge in [-0.05, 0) is 42.0 Å². The summed E-state index contributed by atoms with van der Waals surface area (Å²) in [6.07, 6.45) is 2.96. The Labute approximate surface area is 150 Å². The van der Waals surface area contributed by atoms with Crippen molar-refractivity contribution < 1.29 is 27.8 Å². The van der Waals surface area contributed by atoms with Crippen molar-refractivity contribution in [2.75, 3.05) is 14.2 Å². The largest absolute Gasteiger partial charge is 0.497 e. The average molecular weight is 363 g/mol. The Morgan fingerprint density at radius 1 is 1.12 bits per heavy atom. The van der Waals surface area contributed by atoms with Gasteiger partial charge in [0.2, 0.25) is 5.91 Å². The minimum absolute atomic E-state index is 0.0448. The molecule has 1 N–H and O–H groups in total. The number of halogens is 2. The summed E-state index contributed by atoms with van der Waals surface area (Å²) in [5.41, 5.74) is 1.33. The SMILES string of the molecule is COc1ccc(OC)c(/C=C/C(=O)NCc2cccc(OC(F)F)c2)c1. The van der Waals surface area contributed by atoms with E-state index in [0.717, 1.165) is 0 Å². The van der Waals surface area contributed by atoms with Crippen LogP contribution in [-0.4, -0.2) is 26.7 Å². The molecule has 0 saturated heterocycles. The third kappa shape index (κ3) is 5.77. The first-order valence-corrected chi connectivity index (χ1v) is 7.73. The molecule has 7 heteroatoms. The smallest absolute Gasteiger partial charge is 0.387 e. The molecule has 0 spiro atoms. The Balaban J connectivity index is 1.98. The molecule has 2 aromatic rings. The molecule has 0 aliphatic carbocycles. The number of rotatable bonds is 8. The fourth-order valence-electron chi connectivity index (χ4n) is 2.21. The Bertz CT molecular complexity index is 778. The van der Waals surface area contributed by atoms with Crippen LogP contribution in [0.3, 0.4) is 0 Å². The Morgan fingerprint density at radius 3 is 2.62 bits per heavy atom. The molecule has 26 heavy (non-hydrogen) atoms. The monoisotopic (exact) mass is 363 g/mol. The molecule has 2 rings (SSSR count). The molecule has 2 aromatic carbocycles. The van der Waals surface area contributed by atoms with Gasteiger partial charge in [-0.2, -0.15) is 8.78 Å². The van der Waals surface area contributed by atoms with Crippen molar-refractivity contribution in [1.29, 1.82) is 0 Å². The maximum atomic E-state index is 12.2. The molecule has 0 aliphatic heterocycles. The van der Waals surface area contributed by atoms with Gasteiger partial charge in [-0.15, -0.1) is 0 Å². The first kappa shape index (κ1) is 19.2. The number of nitrogens with one attached hydrogen (secondary N) is 1. The van der Waals surface area contributed by atoms with Crippen LogP contribution in [-0.2, 0) is 11.3 Å². The van der Waals surface area contributed by atoms with E-state index >= 15 is 0 Å². The summed E-state index contributed by atoms with van der Waals surface area (Å²) in [6, 6.07) is 11.4. The predicted octanol–water partition coefficient (Wildman–Crippen LogP) is 3.63. The van der Waals surface area contributed by atoms with Crippen molar-refractivity contribution in [2.24, 2.45) is 0 Å². The molecule has 1 amide bonds. The van der Waals surface area contributed by atoms with Crippen molar-refractivity contribution in [1.82, 2.24) is 5.32 Å². The molecule has 0 radical (unpaired) electrons. The molecule has 0 saturated carbocycles. The van der Waals surface area contributed by atoms with E-state index in [0.29, 0.717) is 22.6 Å². The van der Waals surface area contributed by atoms with Gasteiger partial charge in [0.1, 0.15) is 17.2 Å². The zero-order valence-electron chi connectivity index (χ0n) is 14.4. The molecular weight excluding hydrogens is 344 g/mol. The Hall–Kier alpha value is -3.09. The number of amides is 1. The second kappa shape index (κ2) is 9.41.